The van der Waals surface area contributed by atoms with Gasteiger partial charge in [0.05, 0.1) is 10.7 Å². The minimum atomic E-state index is 0.0790. The van der Waals surface area contributed by atoms with Crippen LogP contribution in [-0.4, -0.2) is 33.4 Å². The van der Waals surface area contributed by atoms with Gasteiger partial charge in [0.1, 0.15) is 4.88 Å². The second-order valence-corrected chi connectivity index (χ2v) is 8.37. The predicted octanol–water partition coefficient (Wildman–Crippen LogP) is 2.83. The average molecular weight is 357 g/mol. The number of hydrogen-bond donors (Lipinski definition) is 0. The molecule has 132 valence electrons. The Balaban J connectivity index is 1.62. The van der Waals surface area contributed by atoms with Crippen molar-refractivity contribution in [3.05, 3.63) is 49.8 Å². The van der Waals surface area contributed by atoms with E-state index in [-0.39, 0.29) is 17.4 Å². The first-order chi connectivity index (χ1) is 12.1. The zero-order valence-corrected chi connectivity index (χ0v) is 15.5. The molecule has 2 bridgehead atoms. The third kappa shape index (κ3) is 2.92. The van der Waals surface area contributed by atoms with Crippen molar-refractivity contribution in [1.82, 2.24) is 14.5 Å². The number of thiazole rings is 1. The Kier molecular flexibility index (Phi) is 4.23. The maximum atomic E-state index is 13.1. The summed E-state index contributed by atoms with van der Waals surface area (Å²) in [5.41, 5.74) is 2.10. The van der Waals surface area contributed by atoms with Crippen molar-refractivity contribution in [2.24, 2.45) is 5.92 Å². The van der Waals surface area contributed by atoms with Gasteiger partial charge in [-0.2, -0.15) is 0 Å². The molecule has 0 saturated carbocycles. The Morgan fingerprint density at radius 3 is 2.96 bits per heavy atom. The highest BCUT2D eigenvalue weighted by molar-refractivity contribution is 7.13. The molecule has 5 nitrogen and oxygen atoms in total. The second-order valence-electron chi connectivity index (χ2n) is 7.17. The lowest BCUT2D eigenvalue weighted by Gasteiger charge is -2.42. The Labute approximate surface area is 151 Å². The van der Waals surface area contributed by atoms with Crippen LogP contribution in [0.4, 0.5) is 0 Å². The van der Waals surface area contributed by atoms with Crippen LogP contribution in [-0.2, 0) is 13.0 Å². The maximum Gasteiger partial charge on any atom is 0.265 e. The second kappa shape index (κ2) is 6.41. The highest BCUT2D eigenvalue weighted by Gasteiger charge is 2.37. The number of carbonyl (C=O) groups is 1. The molecule has 0 N–H and O–H groups in total. The lowest BCUT2D eigenvalue weighted by molar-refractivity contribution is 0.0598. The van der Waals surface area contributed by atoms with Crippen LogP contribution in [0.5, 0.6) is 0 Å². The molecule has 6 heteroatoms. The molecule has 2 aromatic heterocycles. The van der Waals surface area contributed by atoms with Gasteiger partial charge in [-0.25, -0.2) is 4.98 Å². The van der Waals surface area contributed by atoms with Crippen molar-refractivity contribution in [2.45, 2.75) is 45.6 Å². The number of carbonyl (C=O) groups excluding carboxylic acids is 1. The van der Waals surface area contributed by atoms with Gasteiger partial charge in [-0.1, -0.05) is 19.4 Å². The first kappa shape index (κ1) is 16.5. The molecule has 1 amide bonds. The van der Waals surface area contributed by atoms with E-state index in [1.165, 1.54) is 11.3 Å². The fourth-order valence-corrected chi connectivity index (χ4v) is 5.18. The lowest BCUT2D eigenvalue weighted by Crippen LogP contribution is -2.49. The molecule has 0 aliphatic carbocycles. The van der Waals surface area contributed by atoms with Crippen molar-refractivity contribution in [2.75, 3.05) is 13.1 Å². The van der Waals surface area contributed by atoms with Crippen molar-refractivity contribution in [1.29, 1.82) is 0 Å². The topological polar surface area (TPSA) is 55.2 Å². The fourth-order valence-electron chi connectivity index (χ4n) is 4.25. The summed E-state index contributed by atoms with van der Waals surface area (Å²) in [6.45, 7) is 6.23. The van der Waals surface area contributed by atoms with E-state index < -0.39 is 0 Å². The smallest absolute Gasteiger partial charge is 0.265 e. The molecule has 2 aliphatic rings. The van der Waals surface area contributed by atoms with Gasteiger partial charge in [0.15, 0.2) is 0 Å². The molecule has 2 aliphatic heterocycles. The predicted molar refractivity (Wildman–Crippen MR) is 98.3 cm³/mol. The first-order valence-electron chi connectivity index (χ1n) is 9.02. The number of aromatic nitrogens is 2. The quantitative estimate of drug-likeness (QED) is 0.849. The molecule has 2 aromatic rings. The van der Waals surface area contributed by atoms with Crippen molar-refractivity contribution in [3.8, 4) is 0 Å². The number of likely N-dealkylation sites (tertiary alicyclic amines) is 1. The highest BCUT2D eigenvalue weighted by Crippen LogP contribution is 2.36. The molecule has 0 spiro atoms. The molecule has 4 rings (SSSR count). The number of rotatable bonds is 3. The SMILES string of the molecule is CCCc1nc(C)sc1C(=O)N1C[C@H]2C[C@@H](C1)c1cccc(=O)n1C2. The summed E-state index contributed by atoms with van der Waals surface area (Å²) in [4.78, 5) is 32.6. The standard InChI is InChI=1S/C19H23N3O2S/c1-3-5-15-18(25-12(2)20-15)19(24)21-9-13-8-14(11-21)16-6-4-7-17(23)22(16)10-13/h4,6-7,13-14H,3,5,8-11H2,1-2H3/t13-,14+/m1/s1. The van der Waals surface area contributed by atoms with Crippen LogP contribution in [0.15, 0.2) is 23.0 Å². The summed E-state index contributed by atoms with van der Waals surface area (Å²) < 4.78 is 1.90. The molecule has 4 heterocycles. The summed E-state index contributed by atoms with van der Waals surface area (Å²) >= 11 is 1.51. The molecule has 25 heavy (non-hydrogen) atoms. The lowest BCUT2D eigenvalue weighted by atomic mass is 9.83. The van der Waals surface area contributed by atoms with Crippen LogP contribution in [0.2, 0.25) is 0 Å². The van der Waals surface area contributed by atoms with Crippen molar-refractivity contribution in [3.63, 3.8) is 0 Å². The van der Waals surface area contributed by atoms with Gasteiger partial charge in [0.2, 0.25) is 0 Å². The van der Waals surface area contributed by atoms with E-state index in [9.17, 15) is 9.59 Å². The van der Waals surface area contributed by atoms with Crippen LogP contribution in [0.3, 0.4) is 0 Å². The normalized spacial score (nSPS) is 21.9. The number of hydrogen-bond acceptors (Lipinski definition) is 4. The number of amides is 1. The van der Waals surface area contributed by atoms with E-state index in [1.807, 2.05) is 28.5 Å². The Morgan fingerprint density at radius 2 is 2.16 bits per heavy atom. The molecule has 2 atom stereocenters. The largest absolute Gasteiger partial charge is 0.337 e. The highest BCUT2D eigenvalue weighted by atomic mass is 32.1. The number of pyridine rings is 1. The molecule has 1 fully saturated rings. The van der Waals surface area contributed by atoms with Crippen LogP contribution in [0.25, 0.3) is 0 Å². The number of fused-ring (bicyclic) bond motifs is 4. The Morgan fingerprint density at radius 1 is 1.32 bits per heavy atom. The zero-order valence-electron chi connectivity index (χ0n) is 14.7. The van der Waals surface area contributed by atoms with Gasteiger partial charge in [-0.3, -0.25) is 9.59 Å². The monoisotopic (exact) mass is 357 g/mol. The van der Waals surface area contributed by atoms with Crippen LogP contribution in [0, 0.1) is 12.8 Å². The number of aryl methyl sites for hydroxylation is 2. The summed E-state index contributed by atoms with van der Waals surface area (Å²) in [7, 11) is 0. The number of piperidine rings is 1. The average Bonchev–Trinajstić information content (AvgIpc) is 2.96. The van der Waals surface area contributed by atoms with Crippen LogP contribution in [0.1, 0.15) is 51.8 Å². The molecule has 0 unspecified atom stereocenters. The van der Waals surface area contributed by atoms with Gasteiger partial charge in [-0.05, 0) is 31.7 Å². The molecular weight excluding hydrogens is 334 g/mol. The molecular formula is C19H23N3O2S. The van der Waals surface area contributed by atoms with Crippen LogP contribution >= 0.6 is 11.3 Å². The maximum absolute atomic E-state index is 13.1. The Bertz CT molecular complexity index is 870. The third-order valence-corrected chi connectivity index (χ3v) is 6.25. The summed E-state index contributed by atoms with van der Waals surface area (Å²) in [6.07, 6.45) is 2.91. The minimum absolute atomic E-state index is 0.0790. The fraction of sp³-hybridized carbons (Fsp3) is 0.526. The number of nitrogens with zero attached hydrogens (tertiary/aromatic N) is 3. The van der Waals surface area contributed by atoms with E-state index in [2.05, 4.69) is 11.9 Å². The van der Waals surface area contributed by atoms with Crippen molar-refractivity contribution < 1.29 is 4.79 Å². The van der Waals surface area contributed by atoms with E-state index >= 15 is 0 Å². The van der Waals surface area contributed by atoms with E-state index in [0.717, 1.165) is 53.6 Å². The molecule has 0 radical (unpaired) electrons. The van der Waals surface area contributed by atoms with E-state index in [4.69, 9.17) is 0 Å². The minimum Gasteiger partial charge on any atom is -0.337 e. The van der Waals surface area contributed by atoms with Crippen LogP contribution < -0.4 is 5.56 Å². The summed E-state index contributed by atoms with van der Waals surface area (Å²) in [6, 6.07) is 5.50. The van der Waals surface area contributed by atoms with E-state index in [1.54, 1.807) is 6.07 Å². The molecule has 1 saturated heterocycles. The third-order valence-electron chi connectivity index (χ3n) is 5.25. The Hall–Kier alpha value is -1.95. The summed E-state index contributed by atoms with van der Waals surface area (Å²) in [5.74, 6) is 0.739. The first-order valence-corrected chi connectivity index (χ1v) is 9.83. The van der Waals surface area contributed by atoms with Gasteiger partial charge in [-0.15, -0.1) is 11.3 Å². The zero-order chi connectivity index (χ0) is 17.6. The van der Waals surface area contributed by atoms with Gasteiger partial charge >= 0.3 is 0 Å². The van der Waals surface area contributed by atoms with Crippen molar-refractivity contribution >= 4 is 17.2 Å². The van der Waals surface area contributed by atoms with Gasteiger partial charge in [0, 0.05) is 37.3 Å². The van der Waals surface area contributed by atoms with Gasteiger partial charge in [0.25, 0.3) is 11.5 Å². The molecule has 0 aromatic carbocycles. The summed E-state index contributed by atoms with van der Waals surface area (Å²) in [5, 5.41) is 0.959. The van der Waals surface area contributed by atoms with E-state index in [0.29, 0.717) is 12.5 Å². The van der Waals surface area contributed by atoms with Gasteiger partial charge < -0.3 is 9.47 Å².